The Kier molecular flexibility index (Phi) is 7.74. The third kappa shape index (κ3) is 5.47. The molecule has 31 heavy (non-hydrogen) atoms. The minimum absolute atomic E-state index is 0.300. The van der Waals surface area contributed by atoms with Crippen LogP contribution in [0.1, 0.15) is 53.1 Å². The molecular weight excluding hydrogens is 414 g/mol. The highest BCUT2D eigenvalue weighted by molar-refractivity contribution is 7.17. The Balaban J connectivity index is 1.80. The molecule has 1 N–H and O–H groups in total. The van der Waals surface area contributed by atoms with Gasteiger partial charge in [0.2, 0.25) is 5.91 Å². The predicted octanol–water partition coefficient (Wildman–Crippen LogP) is 5.11. The second kappa shape index (κ2) is 10.5. The summed E-state index contributed by atoms with van der Waals surface area (Å²) >= 11 is 1.49. The molecule has 2 aromatic rings. The fourth-order valence-electron chi connectivity index (χ4n) is 3.60. The van der Waals surface area contributed by atoms with E-state index in [4.69, 9.17) is 14.2 Å². The summed E-state index contributed by atoms with van der Waals surface area (Å²) < 4.78 is 15.9. The first kappa shape index (κ1) is 22.9. The summed E-state index contributed by atoms with van der Waals surface area (Å²) in [6.07, 6.45) is 6.69. The lowest BCUT2D eigenvalue weighted by Crippen LogP contribution is -2.16. The van der Waals surface area contributed by atoms with Gasteiger partial charge in [-0.15, -0.1) is 11.3 Å². The number of hydrogen-bond donors (Lipinski definition) is 1. The Bertz CT molecular complexity index is 979. The molecule has 1 atom stereocenters. The number of carbonyl (C=O) groups excluding carboxylic acids is 2. The zero-order valence-corrected chi connectivity index (χ0v) is 19.3. The van der Waals surface area contributed by atoms with Crippen LogP contribution in [0.2, 0.25) is 0 Å². The molecule has 3 rings (SSSR count). The first-order valence-electron chi connectivity index (χ1n) is 10.5. The molecule has 166 valence electrons. The molecule has 0 fully saturated rings. The summed E-state index contributed by atoms with van der Waals surface area (Å²) in [6.45, 7) is 4.54. The molecule has 0 radical (unpaired) electrons. The monoisotopic (exact) mass is 443 g/mol. The second-order valence-electron chi connectivity index (χ2n) is 7.63. The Hall–Kier alpha value is -2.80. The van der Waals surface area contributed by atoms with Crippen molar-refractivity contribution in [2.45, 2.75) is 39.5 Å². The Labute approximate surface area is 187 Å². The van der Waals surface area contributed by atoms with Gasteiger partial charge in [0.15, 0.2) is 11.5 Å². The van der Waals surface area contributed by atoms with Crippen LogP contribution in [-0.4, -0.2) is 32.7 Å². The van der Waals surface area contributed by atoms with Crippen molar-refractivity contribution >= 4 is 34.3 Å². The molecule has 0 saturated carbocycles. The van der Waals surface area contributed by atoms with Crippen molar-refractivity contribution in [1.82, 2.24) is 0 Å². The third-order valence-electron chi connectivity index (χ3n) is 5.22. The molecule has 0 aliphatic heterocycles. The molecule has 0 saturated heterocycles. The third-order valence-corrected chi connectivity index (χ3v) is 6.39. The van der Waals surface area contributed by atoms with Gasteiger partial charge in [0.05, 0.1) is 26.4 Å². The van der Waals surface area contributed by atoms with Crippen LogP contribution in [0.4, 0.5) is 5.00 Å². The van der Waals surface area contributed by atoms with Gasteiger partial charge in [0, 0.05) is 11.0 Å². The minimum atomic E-state index is -0.354. The topological polar surface area (TPSA) is 73.9 Å². The molecule has 0 spiro atoms. The van der Waals surface area contributed by atoms with Crippen LogP contribution in [0.25, 0.3) is 6.08 Å². The molecule has 0 bridgehead atoms. The number of rotatable bonds is 8. The second-order valence-corrected chi connectivity index (χ2v) is 8.73. The molecule has 1 amide bonds. The Morgan fingerprint density at radius 3 is 2.71 bits per heavy atom. The quantitative estimate of drug-likeness (QED) is 0.453. The molecule has 6 nitrogen and oxygen atoms in total. The van der Waals surface area contributed by atoms with E-state index < -0.39 is 0 Å². The number of esters is 1. The number of nitrogens with one attached hydrogen (secondary N) is 1. The number of fused-ring (bicyclic) bond motifs is 1. The number of anilines is 1. The Morgan fingerprint density at radius 1 is 1.23 bits per heavy atom. The summed E-state index contributed by atoms with van der Waals surface area (Å²) in [7, 11) is 3.14. The number of benzene rings is 1. The summed E-state index contributed by atoms with van der Waals surface area (Å²) in [4.78, 5) is 26.5. The van der Waals surface area contributed by atoms with E-state index in [1.807, 2.05) is 13.0 Å². The summed E-state index contributed by atoms with van der Waals surface area (Å²) in [5, 5.41) is 3.47. The molecule has 1 aliphatic rings. The van der Waals surface area contributed by atoms with E-state index >= 15 is 0 Å². The number of ether oxygens (including phenoxy) is 3. The van der Waals surface area contributed by atoms with Gasteiger partial charge in [-0.25, -0.2) is 4.79 Å². The van der Waals surface area contributed by atoms with Gasteiger partial charge < -0.3 is 19.5 Å². The van der Waals surface area contributed by atoms with Gasteiger partial charge in [0.1, 0.15) is 5.00 Å². The highest BCUT2D eigenvalue weighted by Gasteiger charge is 2.29. The molecule has 1 aromatic carbocycles. The zero-order valence-electron chi connectivity index (χ0n) is 18.4. The van der Waals surface area contributed by atoms with Crippen molar-refractivity contribution in [2.75, 3.05) is 26.1 Å². The molecule has 7 heteroatoms. The normalized spacial score (nSPS) is 15.4. The predicted molar refractivity (Wildman–Crippen MR) is 123 cm³/mol. The van der Waals surface area contributed by atoms with Crippen LogP contribution >= 0.6 is 11.3 Å². The number of amides is 1. The van der Waals surface area contributed by atoms with Crippen molar-refractivity contribution in [1.29, 1.82) is 0 Å². The number of hydrogen-bond acceptors (Lipinski definition) is 6. The van der Waals surface area contributed by atoms with E-state index in [1.165, 1.54) is 22.3 Å². The lowest BCUT2D eigenvalue weighted by molar-refractivity contribution is -0.111. The summed E-state index contributed by atoms with van der Waals surface area (Å²) in [6, 6.07) is 5.41. The number of thiophene rings is 1. The molecular formula is C24H29NO5S. The maximum absolute atomic E-state index is 12.7. The highest BCUT2D eigenvalue weighted by Crippen LogP contribution is 2.40. The maximum Gasteiger partial charge on any atom is 0.341 e. The van der Waals surface area contributed by atoms with Gasteiger partial charge in [-0.3, -0.25) is 4.79 Å². The molecule has 1 heterocycles. The molecule has 1 aromatic heterocycles. The Morgan fingerprint density at radius 2 is 2.00 bits per heavy atom. The fourth-order valence-corrected chi connectivity index (χ4v) is 5.01. The molecule has 1 aliphatic carbocycles. The van der Waals surface area contributed by atoms with Gasteiger partial charge in [0.25, 0.3) is 0 Å². The van der Waals surface area contributed by atoms with Crippen LogP contribution in [0.3, 0.4) is 0 Å². The van der Waals surface area contributed by atoms with E-state index in [1.54, 1.807) is 32.4 Å². The van der Waals surface area contributed by atoms with Crippen LogP contribution in [0.15, 0.2) is 24.3 Å². The van der Waals surface area contributed by atoms with Gasteiger partial charge in [-0.2, -0.15) is 0 Å². The van der Waals surface area contributed by atoms with Crippen LogP contribution in [0, 0.1) is 5.92 Å². The minimum Gasteiger partial charge on any atom is -0.493 e. The van der Waals surface area contributed by atoms with Crippen molar-refractivity contribution in [3.8, 4) is 11.5 Å². The average Bonchev–Trinajstić information content (AvgIpc) is 3.12. The van der Waals surface area contributed by atoms with Crippen LogP contribution in [-0.2, 0) is 22.4 Å². The van der Waals surface area contributed by atoms with E-state index in [-0.39, 0.29) is 11.9 Å². The van der Waals surface area contributed by atoms with Crippen molar-refractivity contribution in [3.63, 3.8) is 0 Å². The van der Waals surface area contributed by atoms with Gasteiger partial charge in [-0.05, 0) is 60.9 Å². The highest BCUT2D eigenvalue weighted by atomic mass is 32.1. The first-order valence-corrected chi connectivity index (χ1v) is 11.3. The molecule has 1 unspecified atom stereocenters. The average molecular weight is 444 g/mol. The van der Waals surface area contributed by atoms with Gasteiger partial charge >= 0.3 is 5.97 Å². The summed E-state index contributed by atoms with van der Waals surface area (Å²) in [5.74, 6) is 1.13. The van der Waals surface area contributed by atoms with Crippen LogP contribution in [0.5, 0.6) is 11.5 Å². The fraction of sp³-hybridized carbons (Fsp3) is 0.417. The zero-order chi connectivity index (χ0) is 22.4. The van der Waals surface area contributed by atoms with Crippen molar-refractivity contribution < 1.29 is 23.8 Å². The van der Waals surface area contributed by atoms with Gasteiger partial charge in [-0.1, -0.05) is 19.9 Å². The number of carbonyl (C=O) groups is 2. The van der Waals surface area contributed by atoms with E-state index in [0.717, 1.165) is 36.8 Å². The standard InChI is InChI=1S/C24H29NO5S/c1-5-12-30-24(27)22-17-9-6-15(2)13-20(17)31-23(22)25-21(26)11-8-16-7-10-18(28-3)19(14-16)29-4/h7-8,10-11,14-15H,5-6,9,12-13H2,1-4H3,(H,25,26)/b11-8+. The lowest BCUT2D eigenvalue weighted by Gasteiger charge is -2.18. The van der Waals surface area contributed by atoms with Crippen molar-refractivity contribution in [2.24, 2.45) is 5.92 Å². The van der Waals surface area contributed by atoms with Crippen LogP contribution < -0.4 is 14.8 Å². The van der Waals surface area contributed by atoms with Crippen molar-refractivity contribution in [3.05, 3.63) is 45.8 Å². The largest absolute Gasteiger partial charge is 0.493 e. The summed E-state index contributed by atoms with van der Waals surface area (Å²) in [5.41, 5.74) is 2.35. The number of methoxy groups -OCH3 is 2. The smallest absolute Gasteiger partial charge is 0.341 e. The lowest BCUT2D eigenvalue weighted by atomic mass is 9.88. The first-order chi connectivity index (χ1) is 15.0. The van der Waals surface area contributed by atoms with E-state index in [2.05, 4.69) is 12.2 Å². The van der Waals surface area contributed by atoms with E-state index in [0.29, 0.717) is 34.6 Å². The SMILES string of the molecule is CCCOC(=O)c1c(NC(=O)/C=C/c2ccc(OC)c(OC)c2)sc2c1CCC(C)C2. The maximum atomic E-state index is 12.7. The van der Waals surface area contributed by atoms with E-state index in [9.17, 15) is 9.59 Å².